The van der Waals surface area contributed by atoms with Crippen molar-refractivity contribution >= 4 is 17.5 Å². The van der Waals surface area contributed by atoms with Crippen molar-refractivity contribution in [1.29, 1.82) is 5.41 Å². The lowest BCUT2D eigenvalue weighted by molar-refractivity contribution is 0.0566. The average molecular weight is 259 g/mol. The number of carbonyl (C=O) groups excluding carboxylic acids is 1. The summed E-state index contributed by atoms with van der Waals surface area (Å²) in [5.41, 5.74) is 12.7. The van der Waals surface area contributed by atoms with E-state index in [-0.39, 0.29) is 11.6 Å². The molecule has 1 aromatic heterocycles. The number of anilines is 1. The number of hydrogen-bond donors (Lipinski definition) is 3. The molecule has 0 unspecified atom stereocenters. The number of benzene rings is 1. The Balaban J connectivity index is 2.42. The van der Waals surface area contributed by atoms with E-state index in [1.807, 2.05) is 0 Å². The van der Waals surface area contributed by atoms with Gasteiger partial charge in [0.25, 0.3) is 0 Å². The van der Waals surface area contributed by atoms with E-state index in [9.17, 15) is 4.79 Å². The van der Waals surface area contributed by atoms with E-state index in [2.05, 4.69) is 4.74 Å². The summed E-state index contributed by atoms with van der Waals surface area (Å²) in [7, 11) is 1.28. The van der Waals surface area contributed by atoms with E-state index in [1.165, 1.54) is 13.2 Å². The smallest absolute Gasteiger partial charge is 0.373 e. The molecule has 0 saturated carbocycles. The SMILES string of the molecule is COC(=O)c1ccc(-c2ccc(N)c(C(=N)N)c2)o1. The van der Waals surface area contributed by atoms with Crippen LogP contribution in [0.2, 0.25) is 0 Å². The first kappa shape index (κ1) is 12.7. The van der Waals surface area contributed by atoms with Crippen LogP contribution in [-0.2, 0) is 4.74 Å². The second-order valence-electron chi connectivity index (χ2n) is 3.87. The van der Waals surface area contributed by atoms with Gasteiger partial charge in [-0.15, -0.1) is 0 Å². The number of nitrogens with one attached hydrogen (secondary N) is 1. The van der Waals surface area contributed by atoms with Crippen molar-refractivity contribution in [3.63, 3.8) is 0 Å². The standard InChI is InChI=1S/C13H13N3O3/c1-18-13(17)11-5-4-10(19-11)7-2-3-9(14)8(6-7)12(15)16/h2-6H,14H2,1H3,(H3,15,16). The number of ether oxygens (including phenoxy) is 1. The molecule has 0 aliphatic carbocycles. The first-order valence-corrected chi connectivity index (χ1v) is 5.45. The number of amidine groups is 1. The molecule has 2 rings (SSSR count). The maximum atomic E-state index is 11.3. The Morgan fingerprint density at radius 2 is 2.05 bits per heavy atom. The Kier molecular flexibility index (Phi) is 3.24. The van der Waals surface area contributed by atoms with Gasteiger partial charge in [-0.1, -0.05) is 0 Å². The zero-order chi connectivity index (χ0) is 14.0. The van der Waals surface area contributed by atoms with Crippen LogP contribution >= 0.6 is 0 Å². The van der Waals surface area contributed by atoms with Gasteiger partial charge in [0, 0.05) is 16.8 Å². The molecular formula is C13H13N3O3. The Morgan fingerprint density at radius 3 is 2.68 bits per heavy atom. The van der Waals surface area contributed by atoms with Crippen LogP contribution in [0.4, 0.5) is 5.69 Å². The second kappa shape index (κ2) is 4.85. The molecule has 5 N–H and O–H groups in total. The van der Waals surface area contributed by atoms with Crippen molar-refractivity contribution in [2.24, 2.45) is 5.73 Å². The van der Waals surface area contributed by atoms with Gasteiger partial charge >= 0.3 is 5.97 Å². The minimum absolute atomic E-state index is 0.110. The normalized spacial score (nSPS) is 10.2. The molecule has 0 saturated heterocycles. The summed E-state index contributed by atoms with van der Waals surface area (Å²) in [6.45, 7) is 0. The number of methoxy groups -OCH3 is 1. The van der Waals surface area contributed by atoms with E-state index < -0.39 is 5.97 Å². The predicted octanol–water partition coefficient (Wildman–Crippen LogP) is 1.60. The minimum atomic E-state index is -0.548. The topological polar surface area (TPSA) is 115 Å². The average Bonchev–Trinajstić information content (AvgIpc) is 2.87. The Bertz CT molecular complexity index is 646. The van der Waals surface area contributed by atoms with Gasteiger partial charge in [-0.25, -0.2) is 4.79 Å². The summed E-state index contributed by atoms with van der Waals surface area (Å²) < 4.78 is 9.93. The molecule has 0 amide bonds. The van der Waals surface area contributed by atoms with Crippen molar-refractivity contribution in [2.75, 3.05) is 12.8 Å². The maximum Gasteiger partial charge on any atom is 0.373 e. The molecule has 0 spiro atoms. The number of esters is 1. The Labute approximate surface area is 109 Å². The molecule has 2 aromatic rings. The lowest BCUT2D eigenvalue weighted by atomic mass is 10.1. The molecule has 6 heteroatoms. The van der Waals surface area contributed by atoms with Gasteiger partial charge in [0.05, 0.1) is 7.11 Å². The van der Waals surface area contributed by atoms with Gasteiger partial charge in [0.1, 0.15) is 11.6 Å². The highest BCUT2D eigenvalue weighted by atomic mass is 16.5. The van der Waals surface area contributed by atoms with E-state index in [1.54, 1.807) is 24.3 Å². The summed E-state index contributed by atoms with van der Waals surface area (Å²) in [5, 5.41) is 7.43. The summed E-state index contributed by atoms with van der Waals surface area (Å²) in [6, 6.07) is 8.15. The number of hydrogen-bond acceptors (Lipinski definition) is 5. The molecule has 0 fully saturated rings. The highest BCUT2D eigenvalue weighted by molar-refractivity contribution is 6.01. The first-order chi connectivity index (χ1) is 9.02. The van der Waals surface area contributed by atoms with Gasteiger partial charge in [-0.3, -0.25) is 5.41 Å². The molecule has 6 nitrogen and oxygen atoms in total. The van der Waals surface area contributed by atoms with E-state index in [0.717, 1.165) is 0 Å². The van der Waals surface area contributed by atoms with Gasteiger partial charge in [-0.05, 0) is 30.3 Å². The van der Waals surface area contributed by atoms with Crippen molar-refractivity contribution in [2.45, 2.75) is 0 Å². The summed E-state index contributed by atoms with van der Waals surface area (Å²) in [6.07, 6.45) is 0. The lowest BCUT2D eigenvalue weighted by Gasteiger charge is -2.05. The zero-order valence-corrected chi connectivity index (χ0v) is 10.3. The molecule has 98 valence electrons. The first-order valence-electron chi connectivity index (χ1n) is 5.45. The van der Waals surface area contributed by atoms with E-state index in [4.69, 9.17) is 21.3 Å². The molecule has 0 aliphatic rings. The van der Waals surface area contributed by atoms with Gasteiger partial charge < -0.3 is 20.6 Å². The van der Waals surface area contributed by atoms with Crippen LogP contribution in [0.3, 0.4) is 0 Å². The van der Waals surface area contributed by atoms with E-state index >= 15 is 0 Å². The van der Waals surface area contributed by atoms with Crippen LogP contribution in [0.1, 0.15) is 16.1 Å². The molecule has 19 heavy (non-hydrogen) atoms. The lowest BCUT2D eigenvalue weighted by Crippen LogP contribution is -2.13. The molecule has 0 atom stereocenters. The Hall–Kier alpha value is -2.76. The molecule has 0 radical (unpaired) electrons. The van der Waals surface area contributed by atoms with E-state index in [0.29, 0.717) is 22.6 Å². The number of rotatable bonds is 3. The third kappa shape index (κ3) is 2.42. The fraction of sp³-hybridized carbons (Fsp3) is 0.0769. The molecule has 0 aliphatic heterocycles. The van der Waals surface area contributed by atoms with Crippen LogP contribution in [0.5, 0.6) is 0 Å². The minimum Gasteiger partial charge on any atom is -0.463 e. The third-order valence-corrected chi connectivity index (χ3v) is 2.62. The monoisotopic (exact) mass is 259 g/mol. The fourth-order valence-corrected chi connectivity index (χ4v) is 1.65. The third-order valence-electron chi connectivity index (χ3n) is 2.62. The highest BCUT2D eigenvalue weighted by Crippen LogP contribution is 2.25. The predicted molar refractivity (Wildman–Crippen MR) is 70.9 cm³/mol. The Morgan fingerprint density at radius 1 is 1.32 bits per heavy atom. The fourth-order valence-electron chi connectivity index (χ4n) is 1.65. The number of nitrogen functional groups attached to an aromatic ring is 2. The highest BCUT2D eigenvalue weighted by Gasteiger charge is 2.13. The van der Waals surface area contributed by atoms with Gasteiger partial charge in [-0.2, -0.15) is 0 Å². The molecule has 1 heterocycles. The van der Waals surface area contributed by atoms with Crippen molar-refractivity contribution in [3.05, 3.63) is 41.7 Å². The van der Waals surface area contributed by atoms with Gasteiger partial charge in [0.15, 0.2) is 0 Å². The maximum absolute atomic E-state index is 11.3. The van der Waals surface area contributed by atoms with Crippen molar-refractivity contribution in [3.8, 4) is 11.3 Å². The van der Waals surface area contributed by atoms with Crippen molar-refractivity contribution in [1.82, 2.24) is 0 Å². The zero-order valence-electron chi connectivity index (χ0n) is 10.3. The molecule has 1 aromatic carbocycles. The quantitative estimate of drug-likeness (QED) is 0.335. The van der Waals surface area contributed by atoms with Crippen LogP contribution in [0, 0.1) is 5.41 Å². The summed E-state index contributed by atoms with van der Waals surface area (Å²) >= 11 is 0. The van der Waals surface area contributed by atoms with Crippen LogP contribution < -0.4 is 11.5 Å². The second-order valence-corrected chi connectivity index (χ2v) is 3.87. The van der Waals surface area contributed by atoms with Crippen LogP contribution in [0.15, 0.2) is 34.7 Å². The largest absolute Gasteiger partial charge is 0.463 e. The summed E-state index contributed by atoms with van der Waals surface area (Å²) in [5.74, 6) is -0.0887. The van der Waals surface area contributed by atoms with Crippen LogP contribution in [-0.4, -0.2) is 18.9 Å². The molecule has 0 bridgehead atoms. The molecular weight excluding hydrogens is 246 g/mol. The number of nitrogens with two attached hydrogens (primary N) is 2. The van der Waals surface area contributed by atoms with Crippen molar-refractivity contribution < 1.29 is 13.9 Å². The van der Waals surface area contributed by atoms with Crippen LogP contribution in [0.25, 0.3) is 11.3 Å². The van der Waals surface area contributed by atoms with Gasteiger partial charge in [0.2, 0.25) is 5.76 Å². The summed E-state index contributed by atoms with van der Waals surface area (Å²) in [4.78, 5) is 11.3. The number of furan rings is 1. The number of carbonyl (C=O) groups is 1.